The van der Waals surface area contributed by atoms with Crippen LogP contribution in [0, 0.1) is 0 Å². The van der Waals surface area contributed by atoms with Crippen LogP contribution >= 0.6 is 11.3 Å². The number of thiazole rings is 1. The van der Waals surface area contributed by atoms with E-state index in [-0.39, 0.29) is 18.1 Å². The molecular formula is C17H17N7O4S3. The molecule has 14 heteroatoms. The SMILES string of the molecule is CN(C)S(=O)(=O)c1ccc(-c2cccc3sc(N)nc23)c(C2=NCN=N2)c1S(N)(=O)=O. The average molecular weight is 480 g/mol. The van der Waals surface area contributed by atoms with Gasteiger partial charge in [0.2, 0.25) is 20.0 Å². The molecule has 0 unspecified atom stereocenters. The summed E-state index contributed by atoms with van der Waals surface area (Å²) >= 11 is 1.27. The van der Waals surface area contributed by atoms with Crippen molar-refractivity contribution in [1.29, 1.82) is 0 Å². The maximum absolute atomic E-state index is 12.9. The van der Waals surface area contributed by atoms with Gasteiger partial charge in [0, 0.05) is 19.7 Å². The standard InChI is InChI=1S/C17H17N7O4S3/c1-24(2)31(27,28)12-7-6-9(10-4-3-5-11-14(10)22-17(18)29-11)13(15(12)30(19,25)26)16-20-8-21-23-16/h3-7H,8H2,1-2H3,(H2,18,22)(H2,19,25,26). The minimum Gasteiger partial charge on any atom is -0.375 e. The Bertz CT molecular complexity index is 1490. The van der Waals surface area contributed by atoms with Gasteiger partial charge in [0.1, 0.15) is 9.79 Å². The van der Waals surface area contributed by atoms with Crippen molar-refractivity contribution in [3.05, 3.63) is 35.9 Å². The van der Waals surface area contributed by atoms with Crippen LogP contribution in [-0.2, 0) is 20.0 Å². The molecule has 1 aliphatic rings. The number of nitrogen functional groups attached to an aromatic ring is 1. The van der Waals surface area contributed by atoms with Gasteiger partial charge in [0.25, 0.3) is 0 Å². The van der Waals surface area contributed by atoms with Crippen LogP contribution in [-0.4, -0.2) is 52.7 Å². The zero-order valence-electron chi connectivity index (χ0n) is 16.3. The number of nitrogens with zero attached hydrogens (tertiary/aromatic N) is 5. The van der Waals surface area contributed by atoms with E-state index in [1.165, 1.54) is 37.6 Å². The molecule has 4 rings (SSSR count). The number of benzene rings is 2. The van der Waals surface area contributed by atoms with E-state index in [1.54, 1.807) is 12.1 Å². The quantitative estimate of drug-likeness (QED) is 0.562. The van der Waals surface area contributed by atoms with E-state index in [9.17, 15) is 16.8 Å². The molecule has 0 saturated carbocycles. The molecule has 1 aliphatic heterocycles. The Kier molecular flexibility index (Phi) is 5.13. The minimum atomic E-state index is -4.53. The topological polar surface area (TPSA) is 174 Å². The number of rotatable bonds is 5. The fraction of sp³-hybridized carbons (Fsp3) is 0.176. The summed E-state index contributed by atoms with van der Waals surface area (Å²) in [6, 6.07) is 8.00. The second kappa shape index (κ2) is 7.42. The maximum atomic E-state index is 12.9. The summed E-state index contributed by atoms with van der Waals surface area (Å²) in [5.74, 6) is -0.0324. The van der Waals surface area contributed by atoms with Crippen LogP contribution in [0.3, 0.4) is 0 Å². The second-order valence-electron chi connectivity index (χ2n) is 6.72. The number of azo groups is 1. The third-order valence-electron chi connectivity index (χ3n) is 4.56. The van der Waals surface area contributed by atoms with Gasteiger partial charge in [-0.2, -0.15) is 5.11 Å². The minimum absolute atomic E-state index is 0.0165. The Balaban J connectivity index is 2.19. The number of aliphatic imine (C=N–C) groups is 1. The molecule has 162 valence electrons. The van der Waals surface area contributed by atoms with E-state index in [2.05, 4.69) is 20.2 Å². The van der Waals surface area contributed by atoms with Crippen LogP contribution in [0.4, 0.5) is 5.13 Å². The number of nitrogens with two attached hydrogens (primary N) is 2. The fourth-order valence-corrected chi connectivity index (χ4v) is 6.46. The van der Waals surface area contributed by atoms with Crippen molar-refractivity contribution in [1.82, 2.24) is 9.29 Å². The largest absolute Gasteiger partial charge is 0.375 e. The molecule has 1 aromatic heterocycles. The Hall–Kier alpha value is -2.78. The lowest BCUT2D eigenvalue weighted by molar-refractivity contribution is 0.517. The molecule has 0 aliphatic carbocycles. The molecule has 0 spiro atoms. The normalized spacial score (nSPS) is 14.5. The highest BCUT2D eigenvalue weighted by atomic mass is 32.2. The zero-order chi connectivity index (χ0) is 22.6. The summed E-state index contributed by atoms with van der Waals surface area (Å²) < 4.78 is 52.9. The summed E-state index contributed by atoms with van der Waals surface area (Å²) in [5, 5.41) is 13.6. The van der Waals surface area contributed by atoms with Crippen molar-refractivity contribution in [2.45, 2.75) is 9.79 Å². The first-order valence-corrected chi connectivity index (χ1v) is 12.5. The highest BCUT2D eigenvalue weighted by Gasteiger charge is 2.34. The number of para-hydroxylation sites is 1. The third kappa shape index (κ3) is 3.61. The molecule has 0 bridgehead atoms. The molecule has 2 aromatic carbocycles. The molecular weight excluding hydrogens is 462 g/mol. The first-order chi connectivity index (χ1) is 14.5. The lowest BCUT2D eigenvalue weighted by Gasteiger charge is -2.19. The highest BCUT2D eigenvalue weighted by molar-refractivity contribution is 7.92. The van der Waals surface area contributed by atoms with Crippen LogP contribution in [0.1, 0.15) is 5.56 Å². The van der Waals surface area contributed by atoms with E-state index < -0.39 is 29.8 Å². The van der Waals surface area contributed by atoms with E-state index >= 15 is 0 Å². The summed E-state index contributed by atoms with van der Waals surface area (Å²) in [7, 11) is -6.11. The number of anilines is 1. The van der Waals surface area contributed by atoms with Gasteiger partial charge >= 0.3 is 0 Å². The molecule has 0 radical (unpaired) electrons. The number of hydrogen-bond donors (Lipinski definition) is 2. The monoisotopic (exact) mass is 479 g/mol. The predicted molar refractivity (Wildman–Crippen MR) is 118 cm³/mol. The van der Waals surface area contributed by atoms with Gasteiger partial charge in [-0.15, -0.1) is 5.11 Å². The number of fused-ring (bicyclic) bond motifs is 1. The van der Waals surface area contributed by atoms with Gasteiger partial charge < -0.3 is 5.73 Å². The molecule has 4 N–H and O–H groups in total. The van der Waals surface area contributed by atoms with Crippen molar-refractivity contribution in [3.8, 4) is 11.1 Å². The van der Waals surface area contributed by atoms with Gasteiger partial charge in [-0.25, -0.2) is 36.3 Å². The molecule has 0 fully saturated rings. The number of primary sulfonamides is 1. The van der Waals surface area contributed by atoms with Gasteiger partial charge in [0.05, 0.1) is 15.8 Å². The smallest absolute Gasteiger partial charge is 0.243 e. The summed E-state index contributed by atoms with van der Waals surface area (Å²) in [5.41, 5.74) is 7.22. The molecule has 0 saturated heterocycles. The van der Waals surface area contributed by atoms with Crippen molar-refractivity contribution in [3.63, 3.8) is 0 Å². The summed E-state index contributed by atoms with van der Waals surface area (Å²) in [6.07, 6.45) is 0. The van der Waals surface area contributed by atoms with Gasteiger partial charge in [-0.1, -0.05) is 29.5 Å². The Morgan fingerprint density at radius 1 is 1.06 bits per heavy atom. The first kappa shape index (κ1) is 21.5. The van der Waals surface area contributed by atoms with E-state index in [4.69, 9.17) is 10.9 Å². The summed E-state index contributed by atoms with van der Waals surface area (Å²) in [4.78, 5) is 7.40. The molecule has 2 heterocycles. The predicted octanol–water partition coefficient (Wildman–Crippen LogP) is 1.61. The Labute approximate surface area is 182 Å². The number of aromatic nitrogens is 1. The van der Waals surface area contributed by atoms with Crippen LogP contribution < -0.4 is 10.9 Å². The van der Waals surface area contributed by atoms with Crippen LogP contribution in [0.2, 0.25) is 0 Å². The number of sulfonamides is 2. The lowest BCUT2D eigenvalue weighted by Crippen LogP contribution is -2.27. The molecule has 11 nitrogen and oxygen atoms in total. The van der Waals surface area contributed by atoms with Crippen molar-refractivity contribution in [2.24, 2.45) is 20.4 Å². The molecule has 0 amide bonds. The summed E-state index contributed by atoms with van der Waals surface area (Å²) in [6.45, 7) is -0.0165. The Morgan fingerprint density at radius 3 is 2.42 bits per heavy atom. The first-order valence-electron chi connectivity index (χ1n) is 8.72. The van der Waals surface area contributed by atoms with E-state index in [0.29, 0.717) is 21.8 Å². The molecule has 0 atom stereocenters. The van der Waals surface area contributed by atoms with Crippen LogP contribution in [0.15, 0.2) is 55.3 Å². The molecule has 31 heavy (non-hydrogen) atoms. The Morgan fingerprint density at radius 2 is 1.81 bits per heavy atom. The van der Waals surface area contributed by atoms with Gasteiger partial charge in [0.15, 0.2) is 17.6 Å². The molecule has 3 aromatic rings. The average Bonchev–Trinajstić information content (AvgIpc) is 3.34. The van der Waals surface area contributed by atoms with E-state index in [0.717, 1.165) is 9.01 Å². The van der Waals surface area contributed by atoms with Crippen molar-refractivity contribution >= 4 is 52.6 Å². The highest BCUT2D eigenvalue weighted by Crippen LogP contribution is 2.39. The third-order valence-corrected chi connectivity index (χ3v) is 8.39. The maximum Gasteiger partial charge on any atom is 0.243 e. The number of amidine groups is 1. The number of hydrogen-bond acceptors (Lipinski definition) is 10. The zero-order valence-corrected chi connectivity index (χ0v) is 18.8. The van der Waals surface area contributed by atoms with Gasteiger partial charge in [-0.05, 0) is 17.7 Å². The lowest BCUT2D eigenvalue weighted by atomic mass is 9.98. The second-order valence-corrected chi connectivity index (χ2v) is 11.4. The van der Waals surface area contributed by atoms with Crippen molar-refractivity contribution in [2.75, 3.05) is 26.5 Å². The van der Waals surface area contributed by atoms with Crippen LogP contribution in [0.5, 0.6) is 0 Å². The van der Waals surface area contributed by atoms with E-state index in [1.807, 2.05) is 6.07 Å². The van der Waals surface area contributed by atoms with Crippen molar-refractivity contribution < 1.29 is 16.8 Å². The fourth-order valence-electron chi connectivity index (χ4n) is 3.23. The van der Waals surface area contributed by atoms with Crippen LogP contribution in [0.25, 0.3) is 21.3 Å². The van der Waals surface area contributed by atoms with Gasteiger partial charge in [-0.3, -0.25) is 0 Å².